The molecule has 1 saturated heterocycles. The summed E-state index contributed by atoms with van der Waals surface area (Å²) in [5.41, 5.74) is 1.33. The molecule has 1 atom stereocenters. The number of allylic oxidation sites excluding steroid dienone is 1. The second kappa shape index (κ2) is 11.2. The summed E-state index contributed by atoms with van der Waals surface area (Å²) in [6.07, 6.45) is 3.81. The maximum atomic E-state index is 13.0. The highest BCUT2D eigenvalue weighted by Crippen LogP contribution is 2.25. The van der Waals surface area contributed by atoms with Crippen molar-refractivity contribution in [3.05, 3.63) is 78.0 Å². The predicted octanol–water partition coefficient (Wildman–Crippen LogP) is 3.92. The van der Waals surface area contributed by atoms with Gasteiger partial charge < -0.3 is 19.1 Å². The summed E-state index contributed by atoms with van der Waals surface area (Å²) >= 11 is 0. The highest BCUT2D eigenvalue weighted by molar-refractivity contribution is 5.22. The molecule has 0 aromatic heterocycles. The molecule has 2 aliphatic rings. The average molecular weight is 427 g/mol. The van der Waals surface area contributed by atoms with Crippen LogP contribution in [0.2, 0.25) is 0 Å². The number of halogens is 1. The van der Waals surface area contributed by atoms with E-state index < -0.39 is 0 Å². The highest BCUT2D eigenvalue weighted by Gasteiger charge is 2.23. The lowest BCUT2D eigenvalue weighted by Crippen LogP contribution is -2.47. The number of hydrogen-bond acceptors (Lipinski definition) is 5. The SMILES string of the molecule is Fc1ccc(OCCN2CCN(CCC(Cc3ccccc3)C3=COCO3)CC2)cc1. The van der Waals surface area contributed by atoms with E-state index in [1.165, 1.54) is 17.7 Å². The number of nitrogens with zero attached hydrogens (tertiary/aromatic N) is 2. The van der Waals surface area contributed by atoms with Crippen LogP contribution in [-0.2, 0) is 15.9 Å². The van der Waals surface area contributed by atoms with Crippen molar-refractivity contribution in [2.75, 3.05) is 52.7 Å². The van der Waals surface area contributed by atoms with Gasteiger partial charge in [-0.1, -0.05) is 30.3 Å². The molecular weight excluding hydrogens is 395 g/mol. The standard InChI is InChI=1S/C25H31FN2O3/c26-23-6-8-24(9-7-23)30-17-16-28-14-12-27(13-15-28)11-10-22(25-19-29-20-31-25)18-21-4-2-1-3-5-21/h1-9,19,22H,10-18,20H2. The van der Waals surface area contributed by atoms with Crippen molar-refractivity contribution in [1.82, 2.24) is 9.80 Å². The van der Waals surface area contributed by atoms with Crippen LogP contribution in [0.5, 0.6) is 5.75 Å². The topological polar surface area (TPSA) is 34.2 Å². The smallest absolute Gasteiger partial charge is 0.229 e. The molecule has 4 rings (SSSR count). The Morgan fingerprint density at radius 3 is 2.29 bits per heavy atom. The minimum atomic E-state index is -0.238. The van der Waals surface area contributed by atoms with Gasteiger partial charge in [-0.2, -0.15) is 0 Å². The lowest BCUT2D eigenvalue weighted by molar-refractivity contribution is 0.0667. The molecule has 0 saturated carbocycles. The summed E-state index contributed by atoms with van der Waals surface area (Å²) in [5, 5.41) is 0. The number of ether oxygens (including phenoxy) is 3. The van der Waals surface area contributed by atoms with Crippen LogP contribution in [0.25, 0.3) is 0 Å². The van der Waals surface area contributed by atoms with Crippen molar-refractivity contribution in [1.29, 1.82) is 0 Å². The van der Waals surface area contributed by atoms with Crippen LogP contribution in [0.15, 0.2) is 66.6 Å². The van der Waals surface area contributed by atoms with Crippen LogP contribution in [0, 0.1) is 11.7 Å². The molecule has 6 heteroatoms. The van der Waals surface area contributed by atoms with Crippen molar-refractivity contribution in [2.45, 2.75) is 12.8 Å². The Labute approximate surface area is 184 Å². The zero-order valence-electron chi connectivity index (χ0n) is 17.9. The predicted molar refractivity (Wildman–Crippen MR) is 118 cm³/mol. The fourth-order valence-corrected chi connectivity index (χ4v) is 4.11. The average Bonchev–Trinajstić information content (AvgIpc) is 3.34. The molecule has 2 aliphatic heterocycles. The van der Waals surface area contributed by atoms with Gasteiger partial charge in [0.25, 0.3) is 0 Å². The van der Waals surface area contributed by atoms with E-state index in [0.29, 0.717) is 19.3 Å². The van der Waals surface area contributed by atoms with E-state index in [1.54, 1.807) is 18.4 Å². The van der Waals surface area contributed by atoms with Crippen LogP contribution in [-0.4, -0.2) is 62.5 Å². The molecule has 1 fully saturated rings. The van der Waals surface area contributed by atoms with E-state index in [2.05, 4.69) is 40.1 Å². The van der Waals surface area contributed by atoms with E-state index in [4.69, 9.17) is 14.2 Å². The first-order valence-corrected chi connectivity index (χ1v) is 11.1. The van der Waals surface area contributed by atoms with E-state index in [0.717, 1.165) is 63.6 Å². The minimum Gasteiger partial charge on any atom is -0.492 e. The molecule has 0 N–H and O–H groups in total. The van der Waals surface area contributed by atoms with Crippen molar-refractivity contribution in [3.63, 3.8) is 0 Å². The fourth-order valence-electron chi connectivity index (χ4n) is 4.11. The summed E-state index contributed by atoms with van der Waals surface area (Å²) in [5.74, 6) is 1.79. The second-order valence-electron chi connectivity index (χ2n) is 8.11. The summed E-state index contributed by atoms with van der Waals surface area (Å²) in [6.45, 7) is 7.10. The molecule has 2 aromatic carbocycles. The molecule has 0 amide bonds. The zero-order chi connectivity index (χ0) is 21.3. The highest BCUT2D eigenvalue weighted by atomic mass is 19.1. The summed E-state index contributed by atoms with van der Waals surface area (Å²) in [4.78, 5) is 4.96. The normalized spacial score (nSPS) is 18.2. The monoisotopic (exact) mass is 426 g/mol. The Morgan fingerprint density at radius 1 is 0.903 bits per heavy atom. The molecule has 0 radical (unpaired) electrons. The van der Waals surface area contributed by atoms with Gasteiger partial charge in [0.15, 0.2) is 0 Å². The molecule has 31 heavy (non-hydrogen) atoms. The molecule has 0 bridgehead atoms. The Hall–Kier alpha value is -2.57. The molecule has 2 heterocycles. The number of hydrogen-bond donors (Lipinski definition) is 0. The van der Waals surface area contributed by atoms with Gasteiger partial charge in [0.05, 0.1) is 0 Å². The van der Waals surface area contributed by atoms with Crippen LogP contribution >= 0.6 is 0 Å². The molecule has 0 spiro atoms. The molecule has 1 unspecified atom stereocenters. The molecule has 0 aliphatic carbocycles. The lowest BCUT2D eigenvalue weighted by atomic mass is 9.94. The van der Waals surface area contributed by atoms with Crippen molar-refractivity contribution < 1.29 is 18.6 Å². The zero-order valence-corrected chi connectivity index (χ0v) is 17.9. The molecule has 2 aromatic rings. The van der Waals surface area contributed by atoms with Crippen LogP contribution in [0.4, 0.5) is 4.39 Å². The first-order valence-electron chi connectivity index (χ1n) is 11.1. The largest absolute Gasteiger partial charge is 0.492 e. The van der Waals surface area contributed by atoms with Crippen molar-refractivity contribution in [2.24, 2.45) is 5.92 Å². The van der Waals surface area contributed by atoms with Gasteiger partial charge in [-0.25, -0.2) is 4.39 Å². The lowest BCUT2D eigenvalue weighted by Gasteiger charge is -2.35. The van der Waals surface area contributed by atoms with Gasteiger partial charge in [-0.05, 0) is 49.2 Å². The Balaban J connectivity index is 1.18. The summed E-state index contributed by atoms with van der Waals surface area (Å²) < 4.78 is 29.7. The maximum absolute atomic E-state index is 13.0. The quantitative estimate of drug-likeness (QED) is 0.575. The van der Waals surface area contributed by atoms with Gasteiger partial charge in [0, 0.05) is 38.6 Å². The number of benzene rings is 2. The third-order valence-electron chi connectivity index (χ3n) is 5.97. The van der Waals surface area contributed by atoms with Gasteiger partial charge in [-0.15, -0.1) is 0 Å². The maximum Gasteiger partial charge on any atom is 0.229 e. The Morgan fingerprint density at radius 2 is 1.61 bits per heavy atom. The first-order chi connectivity index (χ1) is 15.3. The van der Waals surface area contributed by atoms with Gasteiger partial charge in [0.1, 0.15) is 30.2 Å². The van der Waals surface area contributed by atoms with Crippen molar-refractivity contribution >= 4 is 0 Å². The fraction of sp³-hybridized carbons (Fsp3) is 0.440. The number of piperazine rings is 1. The van der Waals surface area contributed by atoms with E-state index in [9.17, 15) is 4.39 Å². The Kier molecular flexibility index (Phi) is 7.80. The summed E-state index contributed by atoms with van der Waals surface area (Å²) in [6, 6.07) is 16.8. The summed E-state index contributed by atoms with van der Waals surface area (Å²) in [7, 11) is 0. The van der Waals surface area contributed by atoms with Crippen LogP contribution in [0.1, 0.15) is 12.0 Å². The van der Waals surface area contributed by atoms with Crippen LogP contribution < -0.4 is 4.74 Å². The van der Waals surface area contributed by atoms with Crippen molar-refractivity contribution in [3.8, 4) is 5.75 Å². The minimum absolute atomic E-state index is 0.238. The molecule has 166 valence electrons. The molecule has 5 nitrogen and oxygen atoms in total. The van der Waals surface area contributed by atoms with Crippen LogP contribution in [0.3, 0.4) is 0 Å². The third-order valence-corrected chi connectivity index (χ3v) is 5.97. The van der Waals surface area contributed by atoms with E-state index in [1.807, 2.05) is 0 Å². The Bertz CT molecular complexity index is 820. The third kappa shape index (κ3) is 6.71. The van der Waals surface area contributed by atoms with Gasteiger partial charge in [0.2, 0.25) is 6.79 Å². The van der Waals surface area contributed by atoms with Gasteiger partial charge >= 0.3 is 0 Å². The van der Waals surface area contributed by atoms with Gasteiger partial charge in [-0.3, -0.25) is 4.90 Å². The first kappa shape index (κ1) is 21.7. The number of rotatable bonds is 10. The van der Waals surface area contributed by atoms with E-state index in [-0.39, 0.29) is 5.82 Å². The second-order valence-corrected chi connectivity index (χ2v) is 8.11. The van der Waals surface area contributed by atoms with E-state index >= 15 is 0 Å². The molecular formula is C25H31FN2O3.